The van der Waals surface area contributed by atoms with Crippen LogP contribution in [0.5, 0.6) is 0 Å². The molecule has 0 amide bonds. The standard InChI is InChI=1S/C19H18N2/c1-12-8-13(2)19(14(3)9-12)16(11-20)18-10-15-6-4-5-7-17(15)21-18/h4-10,16,21H,1-3H3. The second kappa shape index (κ2) is 5.10. The number of aromatic amines is 1. The number of aryl methyl sites for hydroxylation is 3. The minimum atomic E-state index is -0.252. The smallest absolute Gasteiger partial charge is 0.112 e. The van der Waals surface area contributed by atoms with Gasteiger partial charge in [-0.25, -0.2) is 0 Å². The Bertz CT molecular complexity index is 793. The van der Waals surface area contributed by atoms with Crippen molar-refractivity contribution < 1.29 is 0 Å². The molecule has 21 heavy (non-hydrogen) atoms. The van der Waals surface area contributed by atoms with Crippen molar-refractivity contribution in [3.8, 4) is 6.07 Å². The van der Waals surface area contributed by atoms with E-state index in [1.165, 1.54) is 16.7 Å². The van der Waals surface area contributed by atoms with Gasteiger partial charge in [0.05, 0.1) is 6.07 Å². The van der Waals surface area contributed by atoms with Crippen LogP contribution in [0.3, 0.4) is 0 Å². The fourth-order valence-corrected chi connectivity index (χ4v) is 3.19. The lowest BCUT2D eigenvalue weighted by Crippen LogP contribution is -2.04. The first-order chi connectivity index (χ1) is 10.1. The maximum atomic E-state index is 9.71. The largest absolute Gasteiger partial charge is 0.357 e. The number of para-hydroxylation sites is 1. The number of hydrogen-bond donors (Lipinski definition) is 1. The van der Waals surface area contributed by atoms with Gasteiger partial charge in [0.2, 0.25) is 0 Å². The summed E-state index contributed by atoms with van der Waals surface area (Å²) in [5.74, 6) is -0.252. The van der Waals surface area contributed by atoms with E-state index in [1.807, 2.05) is 18.2 Å². The number of aromatic nitrogens is 1. The molecule has 0 aliphatic carbocycles. The van der Waals surface area contributed by atoms with Crippen LogP contribution in [0, 0.1) is 32.1 Å². The molecule has 2 aromatic carbocycles. The molecular weight excluding hydrogens is 256 g/mol. The Morgan fingerprint density at radius 2 is 1.67 bits per heavy atom. The lowest BCUT2D eigenvalue weighted by molar-refractivity contribution is 0.960. The van der Waals surface area contributed by atoms with Gasteiger partial charge in [0.1, 0.15) is 5.92 Å². The summed E-state index contributed by atoms with van der Waals surface area (Å²) in [4.78, 5) is 3.39. The lowest BCUT2D eigenvalue weighted by Gasteiger charge is -2.15. The summed E-state index contributed by atoms with van der Waals surface area (Å²) in [7, 11) is 0. The number of nitriles is 1. The minimum Gasteiger partial charge on any atom is -0.357 e. The van der Waals surface area contributed by atoms with Gasteiger partial charge in [-0.15, -0.1) is 0 Å². The Balaban J connectivity index is 2.17. The van der Waals surface area contributed by atoms with E-state index < -0.39 is 0 Å². The predicted molar refractivity (Wildman–Crippen MR) is 86.4 cm³/mol. The highest BCUT2D eigenvalue weighted by molar-refractivity contribution is 5.80. The number of nitrogens with zero attached hydrogens (tertiary/aromatic N) is 1. The number of benzene rings is 2. The Morgan fingerprint density at radius 1 is 1.00 bits per heavy atom. The highest BCUT2D eigenvalue weighted by Crippen LogP contribution is 2.31. The van der Waals surface area contributed by atoms with Crippen LogP contribution in [0.1, 0.15) is 33.9 Å². The molecule has 0 spiro atoms. The van der Waals surface area contributed by atoms with Crippen molar-refractivity contribution in [2.75, 3.05) is 0 Å². The van der Waals surface area contributed by atoms with E-state index in [-0.39, 0.29) is 5.92 Å². The van der Waals surface area contributed by atoms with Gasteiger partial charge in [-0.3, -0.25) is 0 Å². The zero-order valence-electron chi connectivity index (χ0n) is 12.6. The van der Waals surface area contributed by atoms with Crippen molar-refractivity contribution in [3.63, 3.8) is 0 Å². The van der Waals surface area contributed by atoms with E-state index in [0.29, 0.717) is 0 Å². The summed E-state index contributed by atoms with van der Waals surface area (Å²) in [5, 5.41) is 10.9. The first-order valence-electron chi connectivity index (χ1n) is 7.15. The second-order valence-electron chi connectivity index (χ2n) is 5.69. The predicted octanol–water partition coefficient (Wildman–Crippen LogP) is 4.75. The van der Waals surface area contributed by atoms with Crippen LogP contribution in [0.2, 0.25) is 0 Å². The normalized spacial score (nSPS) is 12.3. The van der Waals surface area contributed by atoms with Gasteiger partial charge in [0.15, 0.2) is 0 Å². The molecule has 3 rings (SSSR count). The summed E-state index contributed by atoms with van der Waals surface area (Å²) in [6.07, 6.45) is 0. The van der Waals surface area contributed by atoms with Crippen molar-refractivity contribution in [1.29, 1.82) is 5.26 Å². The second-order valence-corrected chi connectivity index (χ2v) is 5.69. The minimum absolute atomic E-state index is 0.252. The van der Waals surface area contributed by atoms with Crippen molar-refractivity contribution in [2.45, 2.75) is 26.7 Å². The van der Waals surface area contributed by atoms with Crippen LogP contribution >= 0.6 is 0 Å². The molecule has 0 saturated heterocycles. The Labute approximate surface area is 125 Å². The first-order valence-corrected chi connectivity index (χ1v) is 7.15. The highest BCUT2D eigenvalue weighted by atomic mass is 14.7. The quantitative estimate of drug-likeness (QED) is 0.719. The molecule has 1 N–H and O–H groups in total. The lowest BCUT2D eigenvalue weighted by atomic mass is 9.88. The Hall–Kier alpha value is -2.53. The van der Waals surface area contributed by atoms with E-state index in [0.717, 1.165) is 22.2 Å². The third kappa shape index (κ3) is 2.32. The molecule has 0 fully saturated rings. The SMILES string of the molecule is Cc1cc(C)c(C(C#N)c2cc3ccccc3[nH]2)c(C)c1. The molecule has 1 aromatic heterocycles. The van der Waals surface area contributed by atoms with Gasteiger partial charge in [0, 0.05) is 11.2 Å². The van der Waals surface area contributed by atoms with Crippen molar-refractivity contribution >= 4 is 10.9 Å². The molecule has 0 aliphatic rings. The van der Waals surface area contributed by atoms with E-state index in [2.05, 4.69) is 56.1 Å². The number of H-pyrrole nitrogens is 1. The van der Waals surface area contributed by atoms with Crippen molar-refractivity contribution in [1.82, 2.24) is 4.98 Å². The van der Waals surface area contributed by atoms with E-state index >= 15 is 0 Å². The summed E-state index contributed by atoms with van der Waals surface area (Å²) in [5.41, 5.74) is 6.76. The first kappa shape index (κ1) is 13.5. The monoisotopic (exact) mass is 274 g/mol. The third-order valence-electron chi connectivity index (χ3n) is 4.02. The molecule has 3 aromatic rings. The van der Waals surface area contributed by atoms with Crippen LogP contribution < -0.4 is 0 Å². The van der Waals surface area contributed by atoms with Crippen molar-refractivity contribution in [3.05, 3.63) is 70.4 Å². The third-order valence-corrected chi connectivity index (χ3v) is 4.02. The zero-order chi connectivity index (χ0) is 15.0. The summed E-state index contributed by atoms with van der Waals surface area (Å²) < 4.78 is 0. The van der Waals surface area contributed by atoms with Gasteiger partial charge in [-0.2, -0.15) is 5.26 Å². The number of fused-ring (bicyclic) bond motifs is 1. The fourth-order valence-electron chi connectivity index (χ4n) is 3.19. The molecule has 1 atom stereocenters. The molecule has 1 unspecified atom stereocenters. The van der Waals surface area contributed by atoms with Gasteiger partial charge >= 0.3 is 0 Å². The van der Waals surface area contributed by atoms with E-state index in [4.69, 9.17) is 0 Å². The molecule has 2 heteroatoms. The van der Waals surface area contributed by atoms with Crippen LogP contribution in [-0.4, -0.2) is 4.98 Å². The van der Waals surface area contributed by atoms with Crippen molar-refractivity contribution in [2.24, 2.45) is 0 Å². The van der Waals surface area contributed by atoms with E-state index in [9.17, 15) is 5.26 Å². The summed E-state index contributed by atoms with van der Waals surface area (Å²) >= 11 is 0. The Kier molecular flexibility index (Phi) is 3.27. The molecular formula is C19H18N2. The average Bonchev–Trinajstić information content (AvgIpc) is 2.85. The fraction of sp³-hybridized carbons (Fsp3) is 0.211. The molecule has 0 aliphatic heterocycles. The Morgan fingerprint density at radius 3 is 2.29 bits per heavy atom. The molecule has 1 heterocycles. The van der Waals surface area contributed by atoms with Crippen LogP contribution in [-0.2, 0) is 0 Å². The molecule has 104 valence electrons. The molecule has 0 radical (unpaired) electrons. The van der Waals surface area contributed by atoms with Gasteiger partial charge in [-0.05, 0) is 55.0 Å². The number of nitrogens with one attached hydrogen (secondary N) is 1. The maximum Gasteiger partial charge on any atom is 0.112 e. The number of hydrogen-bond acceptors (Lipinski definition) is 1. The van der Waals surface area contributed by atoms with E-state index in [1.54, 1.807) is 0 Å². The molecule has 2 nitrogen and oxygen atoms in total. The highest BCUT2D eigenvalue weighted by Gasteiger charge is 2.20. The maximum absolute atomic E-state index is 9.71. The van der Waals surface area contributed by atoms with Crippen LogP contribution in [0.15, 0.2) is 42.5 Å². The van der Waals surface area contributed by atoms with Crippen LogP contribution in [0.25, 0.3) is 10.9 Å². The van der Waals surface area contributed by atoms with Gasteiger partial charge in [0.25, 0.3) is 0 Å². The number of rotatable bonds is 2. The summed E-state index contributed by atoms with van der Waals surface area (Å²) in [6.45, 7) is 6.26. The van der Waals surface area contributed by atoms with Crippen LogP contribution in [0.4, 0.5) is 0 Å². The topological polar surface area (TPSA) is 39.6 Å². The summed E-state index contributed by atoms with van der Waals surface area (Å²) in [6, 6.07) is 17.0. The average molecular weight is 274 g/mol. The zero-order valence-corrected chi connectivity index (χ0v) is 12.6. The molecule has 0 saturated carbocycles. The molecule has 0 bridgehead atoms. The van der Waals surface area contributed by atoms with Gasteiger partial charge < -0.3 is 4.98 Å². The van der Waals surface area contributed by atoms with Gasteiger partial charge in [-0.1, -0.05) is 35.9 Å².